The van der Waals surface area contributed by atoms with Crippen molar-refractivity contribution in [1.82, 2.24) is 5.32 Å². The van der Waals surface area contributed by atoms with Gasteiger partial charge in [0.05, 0.1) is 14.2 Å². The van der Waals surface area contributed by atoms with Gasteiger partial charge in [0.15, 0.2) is 0 Å². The van der Waals surface area contributed by atoms with Crippen LogP contribution in [-0.2, 0) is 16.0 Å². The standard InChI is InChI=1S/C16H23NO3/c1-16(15(18)20-3,17-13-6-7-13)11-10-12-4-8-14(19-2)9-5-12/h4-5,8-9,13,17H,6-7,10-11H2,1-3H3. The zero-order valence-corrected chi connectivity index (χ0v) is 12.4. The van der Waals surface area contributed by atoms with Gasteiger partial charge in [0, 0.05) is 6.04 Å². The summed E-state index contributed by atoms with van der Waals surface area (Å²) < 4.78 is 10.1. The fourth-order valence-electron chi connectivity index (χ4n) is 2.32. The highest BCUT2D eigenvalue weighted by atomic mass is 16.5. The molecule has 1 aromatic carbocycles. The van der Waals surface area contributed by atoms with Crippen LogP contribution in [0.4, 0.5) is 0 Å². The molecule has 1 aliphatic rings. The maximum absolute atomic E-state index is 12.0. The first-order valence-corrected chi connectivity index (χ1v) is 7.06. The van der Waals surface area contributed by atoms with Gasteiger partial charge in [-0.05, 0) is 50.3 Å². The molecule has 1 N–H and O–H groups in total. The Morgan fingerprint density at radius 3 is 2.45 bits per heavy atom. The van der Waals surface area contributed by atoms with Gasteiger partial charge in [-0.3, -0.25) is 10.1 Å². The molecule has 0 bridgehead atoms. The summed E-state index contributed by atoms with van der Waals surface area (Å²) in [5, 5.41) is 3.41. The van der Waals surface area contributed by atoms with Crippen molar-refractivity contribution in [2.45, 2.75) is 44.2 Å². The minimum atomic E-state index is -0.601. The number of carbonyl (C=O) groups is 1. The van der Waals surface area contributed by atoms with Crippen molar-refractivity contribution in [3.63, 3.8) is 0 Å². The second kappa shape index (κ2) is 6.27. The number of aryl methyl sites for hydroxylation is 1. The van der Waals surface area contributed by atoms with Crippen molar-refractivity contribution in [1.29, 1.82) is 0 Å². The van der Waals surface area contributed by atoms with Crippen LogP contribution < -0.4 is 10.1 Å². The van der Waals surface area contributed by atoms with Gasteiger partial charge in [0.25, 0.3) is 0 Å². The van der Waals surface area contributed by atoms with Crippen molar-refractivity contribution in [2.24, 2.45) is 0 Å². The van der Waals surface area contributed by atoms with Gasteiger partial charge in [0.1, 0.15) is 11.3 Å². The third kappa shape index (κ3) is 3.73. The predicted molar refractivity (Wildman–Crippen MR) is 77.9 cm³/mol. The number of hydrogen-bond acceptors (Lipinski definition) is 4. The van der Waals surface area contributed by atoms with E-state index in [0.29, 0.717) is 6.04 Å². The van der Waals surface area contributed by atoms with Crippen LogP contribution in [0, 0.1) is 0 Å². The first-order valence-electron chi connectivity index (χ1n) is 7.06. The maximum atomic E-state index is 12.0. The Hall–Kier alpha value is -1.55. The Morgan fingerprint density at radius 2 is 1.95 bits per heavy atom. The highest BCUT2D eigenvalue weighted by Gasteiger charge is 2.38. The summed E-state index contributed by atoms with van der Waals surface area (Å²) >= 11 is 0. The van der Waals surface area contributed by atoms with Gasteiger partial charge < -0.3 is 9.47 Å². The highest BCUT2D eigenvalue weighted by molar-refractivity contribution is 5.80. The van der Waals surface area contributed by atoms with Crippen LogP contribution in [-0.4, -0.2) is 31.8 Å². The minimum absolute atomic E-state index is 0.182. The summed E-state index contributed by atoms with van der Waals surface area (Å²) in [6, 6.07) is 8.43. The number of nitrogens with one attached hydrogen (secondary N) is 1. The maximum Gasteiger partial charge on any atom is 0.325 e. The number of hydrogen-bond donors (Lipinski definition) is 1. The van der Waals surface area contributed by atoms with Gasteiger partial charge in [-0.1, -0.05) is 12.1 Å². The molecule has 0 aliphatic heterocycles. The fourth-order valence-corrected chi connectivity index (χ4v) is 2.32. The number of carbonyl (C=O) groups excluding carboxylic acids is 1. The molecule has 4 nitrogen and oxygen atoms in total. The lowest BCUT2D eigenvalue weighted by molar-refractivity contribution is -0.148. The van der Waals surface area contributed by atoms with E-state index in [0.717, 1.165) is 31.4 Å². The molecule has 1 aliphatic carbocycles. The number of ether oxygens (including phenoxy) is 2. The highest BCUT2D eigenvalue weighted by Crippen LogP contribution is 2.26. The molecule has 1 atom stereocenters. The SMILES string of the molecule is COC(=O)C(C)(CCc1ccc(OC)cc1)NC1CC1. The first-order chi connectivity index (χ1) is 9.57. The normalized spacial score (nSPS) is 17.4. The van der Waals surface area contributed by atoms with Gasteiger partial charge in [0.2, 0.25) is 0 Å². The molecule has 1 fully saturated rings. The summed E-state index contributed by atoms with van der Waals surface area (Å²) in [4.78, 5) is 12.0. The van der Waals surface area contributed by atoms with E-state index in [9.17, 15) is 4.79 Å². The summed E-state index contributed by atoms with van der Waals surface area (Å²) in [6.45, 7) is 1.93. The van der Waals surface area contributed by atoms with Crippen LogP contribution in [0.2, 0.25) is 0 Å². The van der Waals surface area contributed by atoms with Crippen LogP contribution in [0.25, 0.3) is 0 Å². The van der Waals surface area contributed by atoms with Crippen molar-refractivity contribution >= 4 is 5.97 Å². The monoisotopic (exact) mass is 277 g/mol. The zero-order valence-electron chi connectivity index (χ0n) is 12.4. The molecule has 0 spiro atoms. The van der Waals surface area contributed by atoms with Gasteiger partial charge in [-0.25, -0.2) is 0 Å². The van der Waals surface area contributed by atoms with Gasteiger partial charge >= 0.3 is 5.97 Å². The zero-order chi connectivity index (χ0) is 14.6. The topological polar surface area (TPSA) is 47.6 Å². The first kappa shape index (κ1) is 14.9. The lowest BCUT2D eigenvalue weighted by Gasteiger charge is -2.28. The van der Waals surface area contributed by atoms with E-state index in [-0.39, 0.29) is 5.97 Å². The molecular weight excluding hydrogens is 254 g/mol. The number of esters is 1. The second-order valence-electron chi connectivity index (χ2n) is 5.59. The molecule has 0 radical (unpaired) electrons. The van der Waals surface area contributed by atoms with Crippen molar-refractivity contribution in [2.75, 3.05) is 14.2 Å². The number of rotatable bonds is 7. The Balaban J connectivity index is 1.97. The van der Waals surface area contributed by atoms with E-state index in [1.54, 1.807) is 7.11 Å². The molecule has 0 amide bonds. The summed E-state index contributed by atoms with van der Waals surface area (Å²) in [7, 11) is 3.10. The molecule has 0 saturated heterocycles. The lowest BCUT2D eigenvalue weighted by atomic mass is 9.93. The summed E-state index contributed by atoms with van der Waals surface area (Å²) in [5.74, 6) is 0.665. The molecule has 0 aromatic heterocycles. The van der Waals surface area contributed by atoms with E-state index in [1.165, 1.54) is 12.7 Å². The van der Waals surface area contributed by atoms with E-state index >= 15 is 0 Å². The van der Waals surface area contributed by atoms with Crippen molar-refractivity contribution in [3.05, 3.63) is 29.8 Å². The lowest BCUT2D eigenvalue weighted by Crippen LogP contribution is -2.51. The van der Waals surface area contributed by atoms with Gasteiger partial charge in [-0.2, -0.15) is 0 Å². The van der Waals surface area contributed by atoms with E-state index in [2.05, 4.69) is 5.32 Å². The quantitative estimate of drug-likeness (QED) is 0.777. The molecule has 20 heavy (non-hydrogen) atoms. The van der Waals surface area contributed by atoms with Crippen molar-refractivity contribution in [3.8, 4) is 5.75 Å². The minimum Gasteiger partial charge on any atom is -0.497 e. The molecule has 110 valence electrons. The molecule has 0 heterocycles. The summed E-state index contributed by atoms with van der Waals surface area (Å²) in [5.41, 5.74) is 0.592. The van der Waals surface area contributed by atoms with Gasteiger partial charge in [-0.15, -0.1) is 0 Å². The molecule has 2 rings (SSSR count). The average molecular weight is 277 g/mol. The van der Waals surface area contributed by atoms with Crippen molar-refractivity contribution < 1.29 is 14.3 Å². The Morgan fingerprint density at radius 1 is 1.30 bits per heavy atom. The average Bonchev–Trinajstić information content (AvgIpc) is 3.28. The van der Waals surface area contributed by atoms with E-state index in [4.69, 9.17) is 9.47 Å². The second-order valence-corrected chi connectivity index (χ2v) is 5.59. The largest absolute Gasteiger partial charge is 0.497 e. The van der Waals surface area contributed by atoms with E-state index in [1.807, 2.05) is 31.2 Å². The Kier molecular flexibility index (Phi) is 4.65. The molecule has 4 heteroatoms. The van der Waals surface area contributed by atoms with Crippen LogP contribution in [0.5, 0.6) is 5.75 Å². The van der Waals surface area contributed by atoms with Crippen LogP contribution in [0.1, 0.15) is 31.7 Å². The Labute approximate surface area is 120 Å². The number of methoxy groups -OCH3 is 2. The molecule has 1 unspecified atom stereocenters. The smallest absolute Gasteiger partial charge is 0.325 e. The summed E-state index contributed by atoms with van der Waals surface area (Å²) in [6.07, 6.45) is 3.85. The number of benzene rings is 1. The van der Waals surface area contributed by atoms with Crippen LogP contribution in [0.3, 0.4) is 0 Å². The molecule has 1 aromatic rings. The third-order valence-electron chi connectivity index (χ3n) is 3.81. The third-order valence-corrected chi connectivity index (χ3v) is 3.81. The fraction of sp³-hybridized carbons (Fsp3) is 0.562. The molecular formula is C16H23NO3. The van der Waals surface area contributed by atoms with Crippen LogP contribution in [0.15, 0.2) is 24.3 Å². The van der Waals surface area contributed by atoms with Crippen LogP contribution >= 0.6 is 0 Å². The predicted octanol–water partition coefficient (Wildman–Crippen LogP) is 2.31. The molecule has 1 saturated carbocycles. The van der Waals surface area contributed by atoms with E-state index < -0.39 is 5.54 Å². The Bertz CT molecular complexity index is 453.